The summed E-state index contributed by atoms with van der Waals surface area (Å²) in [7, 11) is 0. The third-order valence-electron chi connectivity index (χ3n) is 4.63. The summed E-state index contributed by atoms with van der Waals surface area (Å²) in [6, 6.07) is 13.6. The molecular formula is C19H19BrO. The van der Waals surface area contributed by atoms with Gasteiger partial charge in [-0.25, -0.2) is 0 Å². The maximum Gasteiger partial charge on any atom is 0.123 e. The van der Waals surface area contributed by atoms with Crippen LogP contribution in [0, 0.1) is 0 Å². The Bertz CT molecular complexity index is 692. The molecule has 21 heavy (non-hydrogen) atoms. The summed E-state index contributed by atoms with van der Waals surface area (Å²) in [6.45, 7) is 2.13. The minimum absolute atomic E-state index is 0.268. The van der Waals surface area contributed by atoms with Gasteiger partial charge in [0.05, 0.1) is 4.83 Å². The highest BCUT2D eigenvalue weighted by atomic mass is 79.9. The number of aryl methyl sites for hydroxylation is 2. The average Bonchev–Trinajstić information content (AvgIpc) is 3.09. The van der Waals surface area contributed by atoms with Crippen molar-refractivity contribution in [3.63, 3.8) is 0 Å². The fourth-order valence-electron chi connectivity index (χ4n) is 3.54. The van der Waals surface area contributed by atoms with Crippen molar-refractivity contribution in [1.82, 2.24) is 0 Å². The monoisotopic (exact) mass is 342 g/mol. The van der Waals surface area contributed by atoms with Crippen molar-refractivity contribution in [3.05, 3.63) is 64.2 Å². The second kappa shape index (κ2) is 5.17. The van der Waals surface area contributed by atoms with E-state index in [1.54, 1.807) is 0 Å². The van der Waals surface area contributed by atoms with Crippen molar-refractivity contribution in [3.8, 4) is 5.75 Å². The average molecular weight is 343 g/mol. The van der Waals surface area contributed by atoms with Crippen LogP contribution in [-0.2, 0) is 19.3 Å². The van der Waals surface area contributed by atoms with Crippen LogP contribution < -0.4 is 4.74 Å². The molecule has 0 aromatic heterocycles. The van der Waals surface area contributed by atoms with Gasteiger partial charge < -0.3 is 4.74 Å². The number of hydrogen-bond donors (Lipinski definition) is 0. The van der Waals surface area contributed by atoms with Gasteiger partial charge in [-0.3, -0.25) is 0 Å². The Labute approximate surface area is 134 Å². The van der Waals surface area contributed by atoms with Crippen molar-refractivity contribution < 1.29 is 4.74 Å². The van der Waals surface area contributed by atoms with Gasteiger partial charge in [0.15, 0.2) is 0 Å². The molecule has 0 saturated heterocycles. The molecule has 0 amide bonds. The molecule has 0 fully saturated rings. The molecule has 108 valence electrons. The van der Waals surface area contributed by atoms with E-state index in [-0.39, 0.29) is 4.83 Å². The van der Waals surface area contributed by atoms with Crippen molar-refractivity contribution in [2.45, 2.75) is 43.5 Å². The summed E-state index contributed by atoms with van der Waals surface area (Å²) in [5.74, 6) is 1.06. The molecule has 1 aliphatic heterocycles. The maximum absolute atomic E-state index is 5.79. The lowest BCUT2D eigenvalue weighted by molar-refractivity contribution is 0.254. The van der Waals surface area contributed by atoms with Crippen LogP contribution in [0.15, 0.2) is 36.4 Å². The molecule has 1 aliphatic carbocycles. The van der Waals surface area contributed by atoms with Gasteiger partial charge in [-0.05, 0) is 60.1 Å². The first-order valence-corrected chi connectivity index (χ1v) is 8.67. The standard InChI is InChI=1S/C19H19BrO/c1-12-9-17-11-16(7-8-18(17)21-12)19(20)15-6-5-13-3-2-4-14(13)10-15/h5-8,10-12,19H,2-4,9H2,1H3. The van der Waals surface area contributed by atoms with Crippen LogP contribution >= 0.6 is 15.9 Å². The number of rotatable bonds is 2. The fourth-order valence-corrected chi connectivity index (χ4v) is 4.11. The van der Waals surface area contributed by atoms with Gasteiger partial charge >= 0.3 is 0 Å². The fraction of sp³-hybridized carbons (Fsp3) is 0.368. The zero-order valence-electron chi connectivity index (χ0n) is 12.2. The predicted molar refractivity (Wildman–Crippen MR) is 89.5 cm³/mol. The molecule has 0 saturated carbocycles. The number of alkyl halides is 1. The van der Waals surface area contributed by atoms with Crippen LogP contribution in [0.5, 0.6) is 5.75 Å². The predicted octanol–water partition coefficient (Wildman–Crippen LogP) is 4.98. The molecular weight excluding hydrogens is 324 g/mol. The molecule has 1 heterocycles. The smallest absolute Gasteiger partial charge is 0.123 e. The highest BCUT2D eigenvalue weighted by Gasteiger charge is 2.21. The van der Waals surface area contributed by atoms with Gasteiger partial charge in [-0.1, -0.05) is 46.3 Å². The third kappa shape index (κ3) is 2.40. The first kappa shape index (κ1) is 13.4. The van der Waals surface area contributed by atoms with Crippen molar-refractivity contribution in [2.75, 3.05) is 0 Å². The zero-order chi connectivity index (χ0) is 14.4. The molecule has 2 heteroatoms. The van der Waals surface area contributed by atoms with E-state index >= 15 is 0 Å². The SMILES string of the molecule is CC1Cc2cc(C(Br)c3ccc4c(c3)CCC4)ccc2O1. The van der Waals surface area contributed by atoms with E-state index in [9.17, 15) is 0 Å². The zero-order valence-corrected chi connectivity index (χ0v) is 13.8. The quantitative estimate of drug-likeness (QED) is 0.699. The van der Waals surface area contributed by atoms with E-state index in [1.165, 1.54) is 47.1 Å². The topological polar surface area (TPSA) is 9.23 Å². The van der Waals surface area contributed by atoms with E-state index < -0.39 is 0 Å². The Kier molecular flexibility index (Phi) is 3.30. The van der Waals surface area contributed by atoms with Gasteiger partial charge in [0.25, 0.3) is 0 Å². The van der Waals surface area contributed by atoms with E-state index in [2.05, 4.69) is 59.3 Å². The lowest BCUT2D eigenvalue weighted by atomic mass is 9.98. The molecule has 0 N–H and O–H groups in total. The number of benzene rings is 2. The van der Waals surface area contributed by atoms with Crippen LogP contribution in [-0.4, -0.2) is 6.10 Å². The van der Waals surface area contributed by atoms with Crippen LogP contribution in [0.1, 0.15) is 46.0 Å². The first-order chi connectivity index (χ1) is 10.2. The molecule has 0 bridgehead atoms. The molecule has 0 spiro atoms. The number of fused-ring (bicyclic) bond motifs is 2. The molecule has 2 aromatic rings. The minimum atomic E-state index is 0.268. The lowest BCUT2D eigenvalue weighted by Gasteiger charge is -2.13. The van der Waals surface area contributed by atoms with Gasteiger partial charge in [0.1, 0.15) is 11.9 Å². The van der Waals surface area contributed by atoms with E-state index in [0.717, 1.165) is 12.2 Å². The number of hydrogen-bond acceptors (Lipinski definition) is 1. The van der Waals surface area contributed by atoms with Crippen LogP contribution in [0.25, 0.3) is 0 Å². The van der Waals surface area contributed by atoms with Gasteiger partial charge in [-0.2, -0.15) is 0 Å². The van der Waals surface area contributed by atoms with E-state index in [0.29, 0.717) is 6.10 Å². The lowest BCUT2D eigenvalue weighted by Crippen LogP contribution is -2.05. The Morgan fingerprint density at radius 1 is 1.00 bits per heavy atom. The van der Waals surface area contributed by atoms with Crippen molar-refractivity contribution in [2.24, 2.45) is 0 Å². The van der Waals surface area contributed by atoms with Gasteiger partial charge in [0.2, 0.25) is 0 Å². The van der Waals surface area contributed by atoms with E-state index in [4.69, 9.17) is 4.74 Å². The van der Waals surface area contributed by atoms with E-state index in [1.807, 2.05) is 0 Å². The summed E-state index contributed by atoms with van der Waals surface area (Å²) in [5.41, 5.74) is 7.10. The highest BCUT2D eigenvalue weighted by molar-refractivity contribution is 9.09. The number of halogens is 1. The Hall–Kier alpha value is -1.28. The summed E-state index contributed by atoms with van der Waals surface area (Å²) < 4.78 is 5.79. The Balaban J connectivity index is 1.66. The van der Waals surface area contributed by atoms with Crippen molar-refractivity contribution in [1.29, 1.82) is 0 Å². The van der Waals surface area contributed by atoms with Gasteiger partial charge in [-0.15, -0.1) is 0 Å². The summed E-state index contributed by atoms with van der Waals surface area (Å²) in [4.78, 5) is 0.268. The molecule has 4 rings (SSSR count). The van der Waals surface area contributed by atoms with Crippen LogP contribution in [0.2, 0.25) is 0 Å². The second-order valence-corrected chi connectivity index (χ2v) is 7.16. The Morgan fingerprint density at radius 2 is 1.71 bits per heavy atom. The first-order valence-electron chi connectivity index (χ1n) is 7.76. The van der Waals surface area contributed by atoms with Gasteiger partial charge in [0, 0.05) is 6.42 Å². The Morgan fingerprint density at radius 3 is 2.57 bits per heavy atom. The maximum atomic E-state index is 5.79. The largest absolute Gasteiger partial charge is 0.490 e. The molecule has 2 unspecified atom stereocenters. The second-order valence-electron chi connectivity index (χ2n) is 6.24. The molecule has 2 aromatic carbocycles. The summed E-state index contributed by atoms with van der Waals surface area (Å²) >= 11 is 3.89. The summed E-state index contributed by atoms with van der Waals surface area (Å²) in [6.07, 6.45) is 5.12. The normalized spacial score (nSPS) is 20.8. The number of ether oxygens (including phenoxy) is 1. The third-order valence-corrected chi connectivity index (χ3v) is 5.69. The minimum Gasteiger partial charge on any atom is -0.490 e. The molecule has 0 radical (unpaired) electrons. The molecule has 2 atom stereocenters. The summed E-state index contributed by atoms with van der Waals surface area (Å²) in [5, 5.41) is 0. The van der Waals surface area contributed by atoms with Crippen molar-refractivity contribution >= 4 is 15.9 Å². The molecule has 2 aliphatic rings. The molecule has 1 nitrogen and oxygen atoms in total. The highest BCUT2D eigenvalue weighted by Crippen LogP contribution is 2.37. The van der Waals surface area contributed by atoms with Crippen LogP contribution in [0.3, 0.4) is 0 Å². The van der Waals surface area contributed by atoms with Crippen LogP contribution in [0.4, 0.5) is 0 Å².